The number of hydrogen-bond acceptors (Lipinski definition) is 3. The molecule has 0 spiro atoms. The molecule has 3 nitrogen and oxygen atoms in total. The molecule has 0 amide bonds. The van der Waals surface area contributed by atoms with Gasteiger partial charge in [0.25, 0.3) is 0 Å². The molecule has 0 heterocycles. The van der Waals surface area contributed by atoms with E-state index < -0.39 is 5.82 Å². The number of nitrogens with one attached hydrogen (secondary N) is 1. The Morgan fingerprint density at radius 1 is 1.16 bits per heavy atom. The summed E-state index contributed by atoms with van der Waals surface area (Å²) in [6, 6.07) is 8.33. The van der Waals surface area contributed by atoms with Gasteiger partial charge in [-0.15, -0.1) is 0 Å². The molecule has 0 aliphatic rings. The van der Waals surface area contributed by atoms with Crippen molar-refractivity contribution in [2.45, 2.75) is 13.0 Å². The SMILES string of the molecule is CC(Nc1ccc(Cl)c(F)c1)c1cc(O)ccc1O. The van der Waals surface area contributed by atoms with Gasteiger partial charge in [-0.05, 0) is 43.3 Å². The first-order chi connectivity index (χ1) is 8.97. The fraction of sp³-hybridized carbons (Fsp3) is 0.143. The average Bonchev–Trinajstić information content (AvgIpc) is 2.36. The zero-order chi connectivity index (χ0) is 14.0. The Bertz CT molecular complexity index is 604. The van der Waals surface area contributed by atoms with Crippen molar-refractivity contribution in [1.29, 1.82) is 0 Å². The number of anilines is 1. The number of rotatable bonds is 3. The van der Waals surface area contributed by atoms with E-state index in [2.05, 4.69) is 5.32 Å². The van der Waals surface area contributed by atoms with Gasteiger partial charge >= 0.3 is 0 Å². The molecule has 2 rings (SSSR count). The topological polar surface area (TPSA) is 52.5 Å². The van der Waals surface area contributed by atoms with Crippen LogP contribution in [0.15, 0.2) is 36.4 Å². The number of halogens is 2. The van der Waals surface area contributed by atoms with Crippen LogP contribution in [0.4, 0.5) is 10.1 Å². The summed E-state index contributed by atoms with van der Waals surface area (Å²) in [5, 5.41) is 22.2. The third-order valence-corrected chi connectivity index (χ3v) is 3.09. The summed E-state index contributed by atoms with van der Waals surface area (Å²) in [6.45, 7) is 1.79. The van der Waals surface area contributed by atoms with Crippen molar-refractivity contribution in [2.75, 3.05) is 5.32 Å². The van der Waals surface area contributed by atoms with Crippen LogP contribution in [0, 0.1) is 5.82 Å². The first kappa shape index (κ1) is 13.5. The van der Waals surface area contributed by atoms with Crippen LogP contribution in [0.5, 0.6) is 11.5 Å². The number of phenols is 2. The highest BCUT2D eigenvalue weighted by Gasteiger charge is 2.12. The summed E-state index contributed by atoms with van der Waals surface area (Å²) < 4.78 is 13.3. The van der Waals surface area contributed by atoms with Gasteiger partial charge in [0.05, 0.1) is 11.1 Å². The van der Waals surface area contributed by atoms with Crippen molar-refractivity contribution in [3.05, 3.63) is 52.8 Å². The van der Waals surface area contributed by atoms with Gasteiger partial charge in [0.2, 0.25) is 0 Å². The lowest BCUT2D eigenvalue weighted by Crippen LogP contribution is -2.07. The molecule has 1 unspecified atom stereocenters. The van der Waals surface area contributed by atoms with E-state index in [1.54, 1.807) is 13.0 Å². The van der Waals surface area contributed by atoms with E-state index in [1.165, 1.54) is 30.3 Å². The molecule has 0 radical (unpaired) electrons. The summed E-state index contributed by atoms with van der Waals surface area (Å²) in [5.41, 5.74) is 1.06. The van der Waals surface area contributed by atoms with Crippen LogP contribution >= 0.6 is 11.6 Å². The quantitative estimate of drug-likeness (QED) is 0.744. The molecule has 0 bridgehead atoms. The molecule has 0 aromatic heterocycles. The van der Waals surface area contributed by atoms with E-state index in [4.69, 9.17) is 11.6 Å². The second kappa shape index (κ2) is 5.36. The maximum atomic E-state index is 13.3. The van der Waals surface area contributed by atoms with Crippen LogP contribution in [-0.2, 0) is 0 Å². The van der Waals surface area contributed by atoms with Crippen LogP contribution in [0.1, 0.15) is 18.5 Å². The van der Waals surface area contributed by atoms with Gasteiger partial charge in [-0.3, -0.25) is 0 Å². The lowest BCUT2D eigenvalue weighted by molar-refractivity contribution is 0.451. The normalized spacial score (nSPS) is 12.2. The summed E-state index contributed by atoms with van der Waals surface area (Å²) >= 11 is 5.60. The minimum absolute atomic E-state index is 0.0541. The van der Waals surface area contributed by atoms with Gasteiger partial charge in [0.15, 0.2) is 0 Å². The van der Waals surface area contributed by atoms with Gasteiger partial charge in [-0.2, -0.15) is 0 Å². The average molecular weight is 282 g/mol. The molecule has 3 N–H and O–H groups in total. The molecule has 0 saturated heterocycles. The molecule has 0 saturated carbocycles. The van der Waals surface area contributed by atoms with Crippen molar-refractivity contribution in [3.8, 4) is 11.5 Å². The minimum Gasteiger partial charge on any atom is -0.508 e. The van der Waals surface area contributed by atoms with Crippen LogP contribution in [-0.4, -0.2) is 10.2 Å². The van der Waals surface area contributed by atoms with Gasteiger partial charge in [-0.1, -0.05) is 11.6 Å². The Hall–Kier alpha value is -1.94. The smallest absolute Gasteiger partial charge is 0.143 e. The van der Waals surface area contributed by atoms with Crippen LogP contribution in [0.2, 0.25) is 5.02 Å². The van der Waals surface area contributed by atoms with Crippen molar-refractivity contribution in [2.24, 2.45) is 0 Å². The zero-order valence-corrected chi connectivity index (χ0v) is 10.9. The zero-order valence-electron chi connectivity index (χ0n) is 10.2. The highest BCUT2D eigenvalue weighted by atomic mass is 35.5. The second-order valence-electron chi connectivity index (χ2n) is 4.24. The van der Waals surface area contributed by atoms with Crippen LogP contribution in [0.25, 0.3) is 0 Å². The lowest BCUT2D eigenvalue weighted by Gasteiger charge is -2.17. The predicted octanol–water partition coefficient (Wildman–Crippen LogP) is 4.06. The fourth-order valence-electron chi connectivity index (χ4n) is 1.80. The van der Waals surface area contributed by atoms with Gasteiger partial charge in [0, 0.05) is 11.3 Å². The maximum Gasteiger partial charge on any atom is 0.143 e. The Labute approximate surface area is 115 Å². The Kier molecular flexibility index (Phi) is 3.81. The molecule has 2 aromatic rings. The Balaban J connectivity index is 2.22. The van der Waals surface area contributed by atoms with Crippen molar-refractivity contribution in [3.63, 3.8) is 0 Å². The summed E-state index contributed by atoms with van der Waals surface area (Å²) in [4.78, 5) is 0. The molecular formula is C14H13ClFNO2. The molecule has 19 heavy (non-hydrogen) atoms. The molecule has 1 atom stereocenters. The third-order valence-electron chi connectivity index (χ3n) is 2.78. The van der Waals surface area contributed by atoms with E-state index in [9.17, 15) is 14.6 Å². The second-order valence-corrected chi connectivity index (χ2v) is 4.65. The van der Waals surface area contributed by atoms with Crippen molar-refractivity contribution in [1.82, 2.24) is 0 Å². The first-order valence-corrected chi connectivity index (χ1v) is 6.08. The third kappa shape index (κ3) is 3.09. The van der Waals surface area contributed by atoms with Gasteiger partial charge < -0.3 is 15.5 Å². The van der Waals surface area contributed by atoms with Crippen LogP contribution in [0.3, 0.4) is 0 Å². The van der Waals surface area contributed by atoms with Crippen LogP contribution < -0.4 is 5.32 Å². The molecule has 0 fully saturated rings. The number of aromatic hydroxyl groups is 2. The molecule has 2 aromatic carbocycles. The molecule has 0 aliphatic heterocycles. The predicted molar refractivity (Wildman–Crippen MR) is 73.2 cm³/mol. The van der Waals surface area contributed by atoms with Crippen molar-refractivity contribution < 1.29 is 14.6 Å². The van der Waals surface area contributed by atoms with E-state index in [-0.39, 0.29) is 22.6 Å². The summed E-state index contributed by atoms with van der Waals surface area (Å²) in [7, 11) is 0. The van der Waals surface area contributed by atoms with E-state index in [0.717, 1.165) is 0 Å². The molecule has 0 aliphatic carbocycles. The fourth-order valence-corrected chi connectivity index (χ4v) is 1.92. The number of phenolic OH excluding ortho intramolecular Hbond substituents is 2. The number of benzene rings is 2. The Morgan fingerprint density at radius 2 is 1.89 bits per heavy atom. The monoisotopic (exact) mass is 281 g/mol. The standard InChI is InChI=1S/C14H13ClFNO2/c1-8(11-7-10(18)3-5-14(11)19)17-9-2-4-12(15)13(16)6-9/h2-8,17-19H,1H3. The van der Waals surface area contributed by atoms with Crippen molar-refractivity contribution >= 4 is 17.3 Å². The van der Waals surface area contributed by atoms with Gasteiger partial charge in [0.1, 0.15) is 17.3 Å². The minimum atomic E-state index is -0.515. The largest absolute Gasteiger partial charge is 0.508 e. The molecule has 100 valence electrons. The number of hydrogen-bond donors (Lipinski definition) is 3. The van der Waals surface area contributed by atoms with E-state index >= 15 is 0 Å². The highest BCUT2D eigenvalue weighted by molar-refractivity contribution is 6.30. The lowest BCUT2D eigenvalue weighted by atomic mass is 10.1. The van der Waals surface area contributed by atoms with Gasteiger partial charge in [-0.25, -0.2) is 4.39 Å². The van der Waals surface area contributed by atoms with E-state index in [0.29, 0.717) is 11.3 Å². The molecular weight excluding hydrogens is 269 g/mol. The first-order valence-electron chi connectivity index (χ1n) is 5.71. The van der Waals surface area contributed by atoms with E-state index in [1.807, 2.05) is 0 Å². The summed E-state index contributed by atoms with van der Waals surface area (Å²) in [5.74, 6) is -0.394. The summed E-state index contributed by atoms with van der Waals surface area (Å²) in [6.07, 6.45) is 0. The Morgan fingerprint density at radius 3 is 2.58 bits per heavy atom. The maximum absolute atomic E-state index is 13.3. The highest BCUT2D eigenvalue weighted by Crippen LogP contribution is 2.30. The molecule has 5 heteroatoms.